The molecule has 0 aliphatic carbocycles. The molecule has 5 N–H and O–H groups in total. The second-order valence-corrected chi connectivity index (χ2v) is 4.59. The molecule has 0 spiro atoms. The molecule has 1 atom stereocenters. The van der Waals surface area contributed by atoms with Gasteiger partial charge >= 0.3 is 0 Å². The average Bonchev–Trinajstić information content (AvgIpc) is 2.80. The first-order valence-corrected chi connectivity index (χ1v) is 5.80. The minimum Gasteiger partial charge on any atom is -0.379 e. The maximum absolute atomic E-state index is 13.6. The fourth-order valence-electron chi connectivity index (χ4n) is 1.84. The summed E-state index contributed by atoms with van der Waals surface area (Å²) in [5.41, 5.74) is 8.61. The Labute approximate surface area is 113 Å². The van der Waals surface area contributed by atoms with Gasteiger partial charge in [0.25, 0.3) is 5.91 Å². The van der Waals surface area contributed by atoms with E-state index in [9.17, 15) is 18.4 Å². The average molecular weight is 285 g/mol. The van der Waals surface area contributed by atoms with E-state index in [0.29, 0.717) is 12.7 Å². The third kappa shape index (κ3) is 2.61. The van der Waals surface area contributed by atoms with E-state index in [1.165, 1.54) is 0 Å². The number of nitrogens with one attached hydrogen (secondary N) is 1. The summed E-state index contributed by atoms with van der Waals surface area (Å²) in [6, 6.07) is 1.31. The molecule has 2 amide bonds. The highest BCUT2D eigenvalue weighted by molar-refractivity contribution is 6.00. The maximum Gasteiger partial charge on any atom is 0.251 e. The highest BCUT2D eigenvalue weighted by Crippen LogP contribution is 2.22. The molecule has 2 rings (SSSR count). The van der Waals surface area contributed by atoms with E-state index in [4.69, 9.17) is 16.2 Å². The number of amides is 2. The van der Waals surface area contributed by atoms with E-state index >= 15 is 0 Å². The van der Waals surface area contributed by atoms with Crippen molar-refractivity contribution < 1.29 is 23.1 Å². The number of benzene rings is 1. The van der Waals surface area contributed by atoms with Gasteiger partial charge in [0.2, 0.25) is 5.91 Å². The standard InChI is InChI=1S/C12H13F2N3O3/c13-7-4-8(14)9(3-6(7)10(15)18)17-11(19)12(16)1-2-20-5-12/h3-4H,1-2,5,16H2,(H2,15,18)(H,17,19). The van der Waals surface area contributed by atoms with Gasteiger partial charge < -0.3 is 21.5 Å². The SMILES string of the molecule is NC(=O)c1cc(NC(=O)C2(N)CCOC2)c(F)cc1F. The lowest BCUT2D eigenvalue weighted by Gasteiger charge is -2.21. The van der Waals surface area contributed by atoms with Crippen LogP contribution in [0.2, 0.25) is 0 Å². The van der Waals surface area contributed by atoms with Gasteiger partial charge in [-0.25, -0.2) is 8.78 Å². The van der Waals surface area contributed by atoms with E-state index in [0.717, 1.165) is 6.07 Å². The summed E-state index contributed by atoms with van der Waals surface area (Å²) in [5.74, 6) is -3.86. The lowest BCUT2D eigenvalue weighted by molar-refractivity contribution is -0.121. The van der Waals surface area contributed by atoms with Crippen LogP contribution < -0.4 is 16.8 Å². The van der Waals surface area contributed by atoms with Crippen LogP contribution in [0.15, 0.2) is 12.1 Å². The molecule has 108 valence electrons. The second-order valence-electron chi connectivity index (χ2n) is 4.59. The Morgan fingerprint density at radius 1 is 1.30 bits per heavy atom. The topological polar surface area (TPSA) is 107 Å². The van der Waals surface area contributed by atoms with Crippen LogP contribution in [0.4, 0.5) is 14.5 Å². The highest BCUT2D eigenvalue weighted by atomic mass is 19.1. The van der Waals surface area contributed by atoms with Gasteiger partial charge in [0.15, 0.2) is 0 Å². The number of ether oxygens (including phenoxy) is 1. The minimum absolute atomic E-state index is 0.00429. The molecule has 1 fully saturated rings. The zero-order valence-corrected chi connectivity index (χ0v) is 10.4. The lowest BCUT2D eigenvalue weighted by Crippen LogP contribution is -2.51. The predicted molar refractivity (Wildman–Crippen MR) is 65.9 cm³/mol. The fraction of sp³-hybridized carbons (Fsp3) is 0.333. The van der Waals surface area contributed by atoms with Crippen molar-refractivity contribution in [3.05, 3.63) is 29.3 Å². The second kappa shape index (κ2) is 5.14. The molecule has 0 radical (unpaired) electrons. The van der Waals surface area contributed by atoms with Crippen LogP contribution in [0.5, 0.6) is 0 Å². The molecular weight excluding hydrogens is 272 g/mol. The molecule has 1 aliphatic heterocycles. The molecule has 6 nitrogen and oxygen atoms in total. The summed E-state index contributed by atoms with van der Waals surface area (Å²) in [4.78, 5) is 23.0. The van der Waals surface area contributed by atoms with Gasteiger partial charge in [0.1, 0.15) is 17.2 Å². The summed E-state index contributed by atoms with van der Waals surface area (Å²) in [7, 11) is 0. The van der Waals surface area contributed by atoms with Gasteiger partial charge in [-0.2, -0.15) is 0 Å². The van der Waals surface area contributed by atoms with Crippen LogP contribution in [0.1, 0.15) is 16.8 Å². The van der Waals surface area contributed by atoms with Gasteiger partial charge in [0.05, 0.1) is 17.9 Å². The van der Waals surface area contributed by atoms with Gasteiger partial charge in [0, 0.05) is 12.7 Å². The summed E-state index contributed by atoms with van der Waals surface area (Å²) < 4.78 is 31.9. The molecule has 20 heavy (non-hydrogen) atoms. The van der Waals surface area contributed by atoms with Crippen LogP contribution in [-0.2, 0) is 9.53 Å². The molecule has 0 aromatic heterocycles. The van der Waals surface area contributed by atoms with Gasteiger partial charge in [-0.05, 0) is 12.5 Å². The Kier molecular flexibility index (Phi) is 3.69. The fourth-order valence-corrected chi connectivity index (χ4v) is 1.84. The first-order valence-electron chi connectivity index (χ1n) is 5.80. The molecule has 1 heterocycles. The zero-order chi connectivity index (χ0) is 14.9. The third-order valence-electron chi connectivity index (χ3n) is 3.07. The molecule has 1 unspecified atom stereocenters. The molecule has 0 saturated carbocycles. The van der Waals surface area contributed by atoms with Crippen molar-refractivity contribution in [2.24, 2.45) is 11.5 Å². The normalized spacial score (nSPS) is 21.8. The Morgan fingerprint density at radius 2 is 2.00 bits per heavy atom. The van der Waals surface area contributed by atoms with Crippen molar-refractivity contribution in [2.75, 3.05) is 18.5 Å². The summed E-state index contributed by atoms with van der Waals surface area (Å²) >= 11 is 0. The van der Waals surface area contributed by atoms with Crippen molar-refractivity contribution in [3.63, 3.8) is 0 Å². The first-order chi connectivity index (χ1) is 9.33. The predicted octanol–water partition coefficient (Wildman–Crippen LogP) is 0.120. The molecule has 1 aliphatic rings. The van der Waals surface area contributed by atoms with Crippen molar-refractivity contribution in [2.45, 2.75) is 12.0 Å². The van der Waals surface area contributed by atoms with Gasteiger partial charge in [-0.1, -0.05) is 0 Å². The number of carbonyl (C=O) groups excluding carboxylic acids is 2. The number of hydrogen-bond donors (Lipinski definition) is 3. The molecular formula is C12H13F2N3O3. The maximum atomic E-state index is 13.6. The van der Waals surface area contributed by atoms with E-state index in [-0.39, 0.29) is 18.7 Å². The van der Waals surface area contributed by atoms with Crippen LogP contribution in [0, 0.1) is 11.6 Å². The molecule has 0 bridgehead atoms. The Morgan fingerprint density at radius 3 is 2.55 bits per heavy atom. The summed E-state index contributed by atoms with van der Waals surface area (Å²) in [6.07, 6.45) is 0.282. The quantitative estimate of drug-likeness (QED) is 0.733. The van der Waals surface area contributed by atoms with E-state index in [1.807, 2.05) is 0 Å². The Hall–Kier alpha value is -2.06. The van der Waals surface area contributed by atoms with Gasteiger partial charge in [-0.3, -0.25) is 9.59 Å². The molecule has 8 heteroatoms. The number of halogens is 2. The number of rotatable bonds is 3. The summed E-state index contributed by atoms with van der Waals surface area (Å²) in [5, 5.41) is 2.22. The number of anilines is 1. The molecule has 1 aromatic rings. The minimum atomic E-state index is -1.27. The Balaban J connectivity index is 2.27. The first kappa shape index (κ1) is 14.4. The van der Waals surface area contributed by atoms with Crippen LogP contribution in [-0.4, -0.2) is 30.6 Å². The van der Waals surface area contributed by atoms with E-state index in [2.05, 4.69) is 5.32 Å². The Bertz CT molecular complexity index is 571. The van der Waals surface area contributed by atoms with Crippen molar-refractivity contribution in [1.29, 1.82) is 0 Å². The van der Waals surface area contributed by atoms with Gasteiger partial charge in [-0.15, -0.1) is 0 Å². The van der Waals surface area contributed by atoms with Crippen molar-refractivity contribution >= 4 is 17.5 Å². The monoisotopic (exact) mass is 285 g/mol. The van der Waals surface area contributed by atoms with Crippen LogP contribution in [0.25, 0.3) is 0 Å². The number of carbonyl (C=O) groups is 2. The lowest BCUT2D eigenvalue weighted by atomic mass is 9.99. The largest absolute Gasteiger partial charge is 0.379 e. The van der Waals surface area contributed by atoms with Crippen molar-refractivity contribution in [3.8, 4) is 0 Å². The smallest absolute Gasteiger partial charge is 0.251 e. The van der Waals surface area contributed by atoms with E-state index in [1.54, 1.807) is 0 Å². The van der Waals surface area contributed by atoms with Crippen molar-refractivity contribution in [1.82, 2.24) is 0 Å². The number of hydrogen-bond acceptors (Lipinski definition) is 4. The highest BCUT2D eigenvalue weighted by Gasteiger charge is 2.38. The summed E-state index contributed by atoms with van der Waals surface area (Å²) in [6.45, 7) is 0.326. The third-order valence-corrected chi connectivity index (χ3v) is 3.07. The van der Waals surface area contributed by atoms with Crippen LogP contribution in [0.3, 0.4) is 0 Å². The number of primary amides is 1. The molecule has 1 aromatic carbocycles. The number of nitrogens with two attached hydrogens (primary N) is 2. The zero-order valence-electron chi connectivity index (χ0n) is 10.4. The van der Waals surface area contributed by atoms with Crippen LogP contribution >= 0.6 is 0 Å². The molecule has 1 saturated heterocycles. The van der Waals surface area contributed by atoms with E-state index < -0.39 is 34.6 Å².